The first kappa shape index (κ1) is 13.3. The van der Waals surface area contributed by atoms with Crippen molar-refractivity contribution in [3.8, 4) is 0 Å². The molecule has 0 saturated heterocycles. The van der Waals surface area contributed by atoms with Crippen molar-refractivity contribution in [2.45, 2.75) is 25.8 Å². The summed E-state index contributed by atoms with van der Waals surface area (Å²) in [5, 5.41) is 0. The van der Waals surface area contributed by atoms with E-state index in [0.29, 0.717) is 17.7 Å². The van der Waals surface area contributed by atoms with E-state index in [1.165, 1.54) is 9.13 Å². The fourth-order valence-corrected chi connectivity index (χ4v) is 2.15. The first-order chi connectivity index (χ1) is 9.07. The Kier molecular flexibility index (Phi) is 3.69. The molecule has 0 atom stereocenters. The number of hydrogen-bond donors (Lipinski definition) is 0. The first-order valence-corrected chi connectivity index (χ1v) is 6.29. The highest BCUT2D eigenvalue weighted by Crippen LogP contribution is 2.04. The second kappa shape index (κ2) is 5.26. The molecule has 0 aromatic carbocycles. The third-order valence-corrected chi connectivity index (χ3v) is 3.24. The van der Waals surface area contributed by atoms with E-state index in [2.05, 4.69) is 11.6 Å². The summed E-state index contributed by atoms with van der Waals surface area (Å²) in [6.45, 7) is 4.09. The summed E-state index contributed by atoms with van der Waals surface area (Å²) in [5.74, 6) is 0. The van der Waals surface area contributed by atoms with Gasteiger partial charge in [-0.2, -0.15) is 0 Å². The average Bonchev–Trinajstić information content (AvgIpc) is 2.77. The topological polar surface area (TPSA) is 61.8 Å². The van der Waals surface area contributed by atoms with Gasteiger partial charge in [0.2, 0.25) is 0 Å². The minimum Gasteiger partial charge on any atom is -0.328 e. The summed E-state index contributed by atoms with van der Waals surface area (Å²) in [6, 6.07) is 0. The molecule has 0 saturated carbocycles. The van der Waals surface area contributed by atoms with Crippen LogP contribution in [0.15, 0.2) is 28.6 Å². The van der Waals surface area contributed by atoms with Crippen LogP contribution in [0, 0.1) is 0 Å². The molecule has 0 fully saturated rings. The molecule has 6 nitrogen and oxygen atoms in total. The van der Waals surface area contributed by atoms with Gasteiger partial charge in [-0.25, -0.2) is 9.78 Å². The lowest BCUT2D eigenvalue weighted by molar-refractivity contribution is 0.556. The SMILES string of the molecule is C=CCCCCn1c(=O)c2c(ncn2C)n(C)c1=O. The molecule has 0 aliphatic rings. The van der Waals surface area contributed by atoms with Crippen LogP contribution in [0.2, 0.25) is 0 Å². The van der Waals surface area contributed by atoms with Crippen LogP contribution in [0.5, 0.6) is 0 Å². The number of rotatable bonds is 5. The molecule has 0 spiro atoms. The van der Waals surface area contributed by atoms with E-state index in [0.717, 1.165) is 19.3 Å². The van der Waals surface area contributed by atoms with Gasteiger partial charge in [-0.1, -0.05) is 6.08 Å². The van der Waals surface area contributed by atoms with Gasteiger partial charge in [0, 0.05) is 20.6 Å². The monoisotopic (exact) mass is 262 g/mol. The smallest absolute Gasteiger partial charge is 0.328 e. The maximum atomic E-state index is 12.3. The number of unbranched alkanes of at least 4 members (excludes halogenated alkanes) is 2. The van der Waals surface area contributed by atoms with Crippen molar-refractivity contribution in [1.82, 2.24) is 18.7 Å². The zero-order valence-electron chi connectivity index (χ0n) is 11.3. The molecule has 0 unspecified atom stereocenters. The predicted octanol–water partition coefficient (Wildman–Crippen LogP) is 0.790. The highest BCUT2D eigenvalue weighted by Gasteiger charge is 2.14. The number of aryl methyl sites for hydroxylation is 2. The number of fused-ring (bicyclic) bond motifs is 1. The van der Waals surface area contributed by atoms with Crippen LogP contribution in [0.4, 0.5) is 0 Å². The maximum absolute atomic E-state index is 12.3. The van der Waals surface area contributed by atoms with Gasteiger partial charge in [-0.3, -0.25) is 13.9 Å². The van der Waals surface area contributed by atoms with Crippen LogP contribution in [-0.4, -0.2) is 18.7 Å². The van der Waals surface area contributed by atoms with Crippen LogP contribution in [0.1, 0.15) is 19.3 Å². The molecule has 0 amide bonds. The summed E-state index contributed by atoms with van der Waals surface area (Å²) < 4.78 is 4.36. The van der Waals surface area contributed by atoms with Gasteiger partial charge in [-0.15, -0.1) is 6.58 Å². The number of nitrogens with zero attached hydrogens (tertiary/aromatic N) is 4. The Morgan fingerprint density at radius 1 is 1.32 bits per heavy atom. The maximum Gasteiger partial charge on any atom is 0.332 e. The average molecular weight is 262 g/mol. The Morgan fingerprint density at radius 3 is 2.74 bits per heavy atom. The van der Waals surface area contributed by atoms with Crippen molar-refractivity contribution in [1.29, 1.82) is 0 Å². The standard InChI is InChI=1S/C13H18N4O2/c1-4-5-6-7-8-17-12(18)10-11(14-9-15(10)2)16(3)13(17)19/h4,9H,1,5-8H2,2-3H3. The minimum absolute atomic E-state index is 0.267. The van der Waals surface area contributed by atoms with E-state index in [1.807, 2.05) is 6.08 Å². The normalized spacial score (nSPS) is 11.1. The van der Waals surface area contributed by atoms with Gasteiger partial charge in [0.15, 0.2) is 11.2 Å². The lowest BCUT2D eigenvalue weighted by atomic mass is 10.2. The zero-order chi connectivity index (χ0) is 14.0. The fourth-order valence-electron chi connectivity index (χ4n) is 2.15. The van der Waals surface area contributed by atoms with Gasteiger partial charge in [0.05, 0.1) is 6.33 Å². The van der Waals surface area contributed by atoms with Crippen LogP contribution >= 0.6 is 0 Å². The molecule has 0 radical (unpaired) electrons. The van der Waals surface area contributed by atoms with E-state index < -0.39 is 0 Å². The molecular formula is C13H18N4O2. The summed E-state index contributed by atoms with van der Waals surface area (Å²) in [7, 11) is 3.39. The molecule has 2 rings (SSSR count). The Bertz CT molecular complexity index is 721. The van der Waals surface area contributed by atoms with Crippen LogP contribution in [0.3, 0.4) is 0 Å². The van der Waals surface area contributed by atoms with Gasteiger partial charge in [0.1, 0.15) is 0 Å². The Hall–Kier alpha value is -2.11. The van der Waals surface area contributed by atoms with Crippen molar-refractivity contribution in [2.24, 2.45) is 14.1 Å². The molecule has 2 aromatic heterocycles. The number of hydrogen-bond acceptors (Lipinski definition) is 3. The molecule has 0 N–H and O–H groups in total. The predicted molar refractivity (Wildman–Crippen MR) is 74.3 cm³/mol. The second-order valence-corrected chi connectivity index (χ2v) is 4.61. The second-order valence-electron chi connectivity index (χ2n) is 4.61. The minimum atomic E-state index is -0.310. The van der Waals surface area contributed by atoms with Gasteiger partial charge in [0.25, 0.3) is 5.56 Å². The first-order valence-electron chi connectivity index (χ1n) is 6.29. The molecule has 19 heavy (non-hydrogen) atoms. The third-order valence-electron chi connectivity index (χ3n) is 3.24. The number of imidazole rings is 1. The van der Waals surface area contributed by atoms with Crippen molar-refractivity contribution in [3.05, 3.63) is 39.8 Å². The highest BCUT2D eigenvalue weighted by molar-refractivity contribution is 5.69. The highest BCUT2D eigenvalue weighted by atomic mass is 16.2. The van der Waals surface area contributed by atoms with Gasteiger partial charge in [-0.05, 0) is 19.3 Å². The van der Waals surface area contributed by atoms with Crippen molar-refractivity contribution < 1.29 is 0 Å². The molecule has 6 heteroatoms. The zero-order valence-corrected chi connectivity index (χ0v) is 11.3. The van der Waals surface area contributed by atoms with E-state index in [4.69, 9.17) is 0 Å². The molecule has 2 aromatic rings. The van der Waals surface area contributed by atoms with E-state index >= 15 is 0 Å². The summed E-state index contributed by atoms with van der Waals surface area (Å²) in [4.78, 5) is 28.5. The Morgan fingerprint density at radius 2 is 2.05 bits per heavy atom. The molecule has 102 valence electrons. The number of aromatic nitrogens is 4. The van der Waals surface area contributed by atoms with E-state index in [9.17, 15) is 9.59 Å². The van der Waals surface area contributed by atoms with Gasteiger partial charge >= 0.3 is 5.69 Å². The summed E-state index contributed by atoms with van der Waals surface area (Å²) >= 11 is 0. The quantitative estimate of drug-likeness (QED) is 0.591. The van der Waals surface area contributed by atoms with Crippen molar-refractivity contribution in [3.63, 3.8) is 0 Å². The molecule has 0 aliphatic carbocycles. The number of allylic oxidation sites excluding steroid dienone is 1. The lowest BCUT2D eigenvalue weighted by Gasteiger charge is -2.08. The van der Waals surface area contributed by atoms with Crippen LogP contribution in [-0.2, 0) is 20.6 Å². The largest absolute Gasteiger partial charge is 0.332 e. The van der Waals surface area contributed by atoms with Crippen molar-refractivity contribution >= 4 is 11.2 Å². The molecule has 0 aliphatic heterocycles. The summed E-state index contributed by atoms with van der Waals surface area (Å²) in [5.41, 5.74) is 0.317. The Balaban J connectivity index is 2.49. The third kappa shape index (κ3) is 2.25. The fraction of sp³-hybridized carbons (Fsp3) is 0.462. The molecule has 2 heterocycles. The van der Waals surface area contributed by atoms with Crippen LogP contribution < -0.4 is 11.2 Å². The van der Waals surface area contributed by atoms with Crippen LogP contribution in [0.25, 0.3) is 11.2 Å². The summed E-state index contributed by atoms with van der Waals surface area (Å²) in [6.07, 6.45) is 5.98. The molecule has 0 bridgehead atoms. The molecular weight excluding hydrogens is 244 g/mol. The van der Waals surface area contributed by atoms with E-state index in [1.54, 1.807) is 25.0 Å². The van der Waals surface area contributed by atoms with Gasteiger partial charge < -0.3 is 4.57 Å². The lowest BCUT2D eigenvalue weighted by Crippen LogP contribution is -2.39. The Labute approximate surface area is 110 Å². The van der Waals surface area contributed by atoms with Crippen molar-refractivity contribution in [2.75, 3.05) is 0 Å². The van der Waals surface area contributed by atoms with E-state index in [-0.39, 0.29) is 11.2 Å².